The fourth-order valence-corrected chi connectivity index (χ4v) is 3.52. The van der Waals surface area contributed by atoms with Crippen LogP contribution in [0.1, 0.15) is 31.2 Å². The lowest BCUT2D eigenvalue weighted by Gasteiger charge is -2.21. The summed E-state index contributed by atoms with van der Waals surface area (Å²) in [4.78, 5) is 0. The van der Waals surface area contributed by atoms with E-state index < -0.39 is 16.0 Å². The highest BCUT2D eigenvalue weighted by Gasteiger charge is 2.24. The van der Waals surface area contributed by atoms with Crippen molar-refractivity contribution in [2.75, 3.05) is 17.8 Å². The summed E-state index contributed by atoms with van der Waals surface area (Å²) >= 11 is 0. The van der Waals surface area contributed by atoms with E-state index in [1.807, 2.05) is 0 Å². The van der Waals surface area contributed by atoms with Crippen LogP contribution in [-0.4, -0.2) is 25.8 Å². The quantitative estimate of drug-likeness (QED) is 0.929. The molecule has 0 spiro atoms. The Kier molecular flexibility index (Phi) is 4.57. The van der Waals surface area contributed by atoms with Gasteiger partial charge in [0, 0.05) is 13.1 Å². The molecule has 0 aliphatic carbocycles. The summed E-state index contributed by atoms with van der Waals surface area (Å²) in [6.45, 7) is 0.902. The third kappa shape index (κ3) is 3.26. The van der Waals surface area contributed by atoms with E-state index in [9.17, 15) is 12.8 Å². The second kappa shape index (κ2) is 6.20. The van der Waals surface area contributed by atoms with Gasteiger partial charge in [-0.05, 0) is 25.0 Å². The average molecular weight is 297 g/mol. The molecule has 1 aliphatic rings. The van der Waals surface area contributed by atoms with Crippen molar-refractivity contribution in [3.63, 3.8) is 0 Å². The Morgan fingerprint density at radius 2 is 1.85 bits per heavy atom. The minimum Gasteiger partial charge on any atom is -0.269 e. The van der Waals surface area contributed by atoms with E-state index in [4.69, 9.17) is 5.26 Å². The molecule has 1 aliphatic heterocycles. The SMILES string of the molecule is N#Cc1c(F)cccc1NS(=O)(=O)N1CCCCCC1. The smallest absolute Gasteiger partial charge is 0.269 e. The first-order valence-electron chi connectivity index (χ1n) is 6.51. The van der Waals surface area contributed by atoms with Crippen LogP contribution in [0.2, 0.25) is 0 Å². The van der Waals surface area contributed by atoms with Crippen molar-refractivity contribution >= 4 is 15.9 Å². The van der Waals surface area contributed by atoms with E-state index in [1.54, 1.807) is 6.07 Å². The predicted molar refractivity (Wildman–Crippen MR) is 73.7 cm³/mol. The lowest BCUT2D eigenvalue weighted by Crippen LogP contribution is -2.36. The van der Waals surface area contributed by atoms with Gasteiger partial charge in [0.15, 0.2) is 0 Å². The molecule has 1 aromatic carbocycles. The standard InChI is InChI=1S/C13H16FN3O2S/c14-12-6-5-7-13(11(12)10-15)16-20(18,19)17-8-3-1-2-4-9-17/h5-7,16H,1-4,8-9H2. The highest BCUT2D eigenvalue weighted by molar-refractivity contribution is 7.90. The number of benzene rings is 1. The normalized spacial score (nSPS) is 17.2. The van der Waals surface area contributed by atoms with E-state index >= 15 is 0 Å². The number of hydrogen-bond donors (Lipinski definition) is 1. The van der Waals surface area contributed by atoms with Crippen LogP contribution >= 0.6 is 0 Å². The zero-order valence-corrected chi connectivity index (χ0v) is 11.8. The van der Waals surface area contributed by atoms with Gasteiger partial charge in [0.2, 0.25) is 0 Å². The van der Waals surface area contributed by atoms with Crippen molar-refractivity contribution in [2.45, 2.75) is 25.7 Å². The van der Waals surface area contributed by atoms with Gasteiger partial charge in [0.25, 0.3) is 0 Å². The predicted octanol–water partition coefficient (Wildman–Crippen LogP) is 2.23. The fourth-order valence-electron chi connectivity index (χ4n) is 2.21. The summed E-state index contributed by atoms with van der Waals surface area (Å²) in [7, 11) is -3.74. The Hall–Kier alpha value is -1.65. The van der Waals surface area contributed by atoms with E-state index in [0.29, 0.717) is 13.1 Å². The van der Waals surface area contributed by atoms with Gasteiger partial charge in [-0.2, -0.15) is 18.0 Å². The molecule has 1 N–H and O–H groups in total. The molecule has 0 amide bonds. The largest absolute Gasteiger partial charge is 0.301 e. The van der Waals surface area contributed by atoms with Crippen LogP contribution in [0.3, 0.4) is 0 Å². The Bertz CT molecular complexity index is 617. The number of hydrogen-bond acceptors (Lipinski definition) is 3. The van der Waals surface area contributed by atoms with Crippen molar-refractivity contribution in [3.8, 4) is 6.07 Å². The van der Waals surface area contributed by atoms with Crippen LogP contribution in [0.15, 0.2) is 18.2 Å². The molecule has 5 nitrogen and oxygen atoms in total. The monoisotopic (exact) mass is 297 g/mol. The number of anilines is 1. The van der Waals surface area contributed by atoms with Crippen molar-refractivity contribution < 1.29 is 12.8 Å². The first-order chi connectivity index (χ1) is 9.54. The molecule has 0 aromatic heterocycles. The molecule has 1 aromatic rings. The van der Waals surface area contributed by atoms with Gasteiger partial charge < -0.3 is 0 Å². The average Bonchev–Trinajstić information content (AvgIpc) is 2.68. The minimum atomic E-state index is -3.74. The van der Waals surface area contributed by atoms with Gasteiger partial charge in [-0.1, -0.05) is 18.9 Å². The highest BCUT2D eigenvalue weighted by atomic mass is 32.2. The topological polar surface area (TPSA) is 73.2 Å². The summed E-state index contributed by atoms with van der Waals surface area (Å²) < 4.78 is 41.7. The molecule has 1 fully saturated rings. The van der Waals surface area contributed by atoms with Crippen LogP contribution in [-0.2, 0) is 10.2 Å². The summed E-state index contributed by atoms with van der Waals surface area (Å²) in [5.41, 5.74) is -0.303. The maximum Gasteiger partial charge on any atom is 0.301 e. The summed E-state index contributed by atoms with van der Waals surface area (Å²) in [6, 6.07) is 5.57. The van der Waals surface area contributed by atoms with Crippen LogP contribution in [0.4, 0.5) is 10.1 Å². The first kappa shape index (κ1) is 14.8. The molecular formula is C13H16FN3O2S. The molecule has 20 heavy (non-hydrogen) atoms. The fraction of sp³-hybridized carbons (Fsp3) is 0.462. The molecule has 0 unspecified atom stereocenters. The second-order valence-electron chi connectivity index (χ2n) is 4.69. The van der Waals surface area contributed by atoms with E-state index in [0.717, 1.165) is 31.7 Å². The zero-order chi connectivity index (χ0) is 14.6. The Labute approximate surface area is 118 Å². The van der Waals surface area contributed by atoms with Crippen molar-refractivity contribution in [3.05, 3.63) is 29.6 Å². The minimum absolute atomic E-state index is 0.0169. The Morgan fingerprint density at radius 3 is 2.45 bits per heavy atom. The van der Waals surface area contributed by atoms with Crippen molar-refractivity contribution in [1.29, 1.82) is 5.26 Å². The molecule has 108 valence electrons. The zero-order valence-electron chi connectivity index (χ0n) is 11.0. The second-order valence-corrected chi connectivity index (χ2v) is 6.37. The van der Waals surface area contributed by atoms with E-state index in [1.165, 1.54) is 16.4 Å². The number of nitrogens with one attached hydrogen (secondary N) is 1. The molecule has 0 atom stereocenters. The van der Waals surface area contributed by atoms with E-state index in [2.05, 4.69) is 4.72 Å². The number of halogens is 1. The summed E-state index contributed by atoms with van der Waals surface area (Å²) in [6.07, 6.45) is 3.65. The van der Waals surface area contributed by atoms with Crippen LogP contribution in [0.5, 0.6) is 0 Å². The summed E-state index contributed by atoms with van der Waals surface area (Å²) in [5.74, 6) is -0.733. The number of nitrogens with zero attached hydrogens (tertiary/aromatic N) is 2. The van der Waals surface area contributed by atoms with Gasteiger partial charge in [0.05, 0.1) is 5.69 Å². The maximum absolute atomic E-state index is 13.5. The highest BCUT2D eigenvalue weighted by Crippen LogP contribution is 2.21. The Balaban J connectivity index is 2.24. The molecular weight excluding hydrogens is 281 g/mol. The molecule has 1 heterocycles. The molecule has 2 rings (SSSR count). The first-order valence-corrected chi connectivity index (χ1v) is 7.95. The number of nitriles is 1. The molecule has 0 radical (unpaired) electrons. The number of rotatable bonds is 3. The van der Waals surface area contributed by atoms with Gasteiger partial charge in [-0.25, -0.2) is 4.39 Å². The lowest BCUT2D eigenvalue weighted by atomic mass is 10.2. The van der Waals surface area contributed by atoms with Crippen molar-refractivity contribution in [1.82, 2.24) is 4.31 Å². The molecule has 0 bridgehead atoms. The third-order valence-electron chi connectivity index (χ3n) is 3.27. The maximum atomic E-state index is 13.5. The summed E-state index contributed by atoms with van der Waals surface area (Å²) in [5, 5.41) is 8.91. The molecule has 0 saturated carbocycles. The van der Waals surface area contributed by atoms with Crippen LogP contribution in [0.25, 0.3) is 0 Å². The van der Waals surface area contributed by atoms with Crippen molar-refractivity contribution in [2.24, 2.45) is 0 Å². The Morgan fingerprint density at radius 1 is 1.20 bits per heavy atom. The lowest BCUT2D eigenvalue weighted by molar-refractivity contribution is 0.427. The van der Waals surface area contributed by atoms with E-state index in [-0.39, 0.29) is 11.3 Å². The molecule has 1 saturated heterocycles. The third-order valence-corrected chi connectivity index (χ3v) is 4.79. The molecule has 7 heteroatoms. The van der Waals surface area contributed by atoms with Gasteiger partial charge in [0.1, 0.15) is 17.4 Å². The van der Waals surface area contributed by atoms with Crippen LogP contribution < -0.4 is 4.72 Å². The van der Waals surface area contributed by atoms with Gasteiger partial charge >= 0.3 is 10.2 Å². The van der Waals surface area contributed by atoms with Gasteiger partial charge in [-0.3, -0.25) is 4.72 Å². The van der Waals surface area contributed by atoms with Crippen LogP contribution in [0, 0.1) is 17.1 Å². The van der Waals surface area contributed by atoms with Gasteiger partial charge in [-0.15, -0.1) is 0 Å².